The molecule has 52 heavy (non-hydrogen) atoms. The molecule has 4 rings (SSSR count). The lowest BCUT2D eigenvalue weighted by atomic mass is 10.0. The van der Waals surface area contributed by atoms with Crippen molar-refractivity contribution in [2.75, 3.05) is 42.1 Å². The Morgan fingerprint density at radius 1 is 0.712 bits per heavy atom. The molecular weight excluding hydrogens is 643 g/mol. The number of unbranched alkanes of at least 4 members (excludes halogenated alkanes) is 10. The van der Waals surface area contributed by atoms with Crippen LogP contribution in [0.25, 0.3) is 10.9 Å². The highest BCUT2D eigenvalue weighted by atomic mass is 16.3. The number of rotatable bonds is 27. The number of fused-ring (bicyclic) bond motifs is 1. The molecule has 1 aliphatic heterocycles. The molecule has 280 valence electrons. The van der Waals surface area contributed by atoms with Crippen LogP contribution in [0, 0.1) is 0 Å². The van der Waals surface area contributed by atoms with Gasteiger partial charge in [0.25, 0.3) is 0 Å². The zero-order valence-electron chi connectivity index (χ0n) is 31.4. The van der Waals surface area contributed by atoms with Crippen molar-refractivity contribution in [3.63, 3.8) is 0 Å². The van der Waals surface area contributed by atoms with Crippen LogP contribution in [0.15, 0.2) is 128 Å². The fourth-order valence-electron chi connectivity index (χ4n) is 6.39. The number of aromatic nitrogens is 1. The van der Waals surface area contributed by atoms with Crippen LogP contribution < -0.4 is 26.6 Å². The van der Waals surface area contributed by atoms with Gasteiger partial charge in [-0.05, 0) is 86.4 Å². The zero-order chi connectivity index (χ0) is 37.0. The Bertz CT molecular complexity index is 1620. The van der Waals surface area contributed by atoms with Crippen molar-refractivity contribution >= 4 is 28.0 Å². The summed E-state index contributed by atoms with van der Waals surface area (Å²) in [6, 6.07) is 16.3. The molecule has 2 aromatic carbocycles. The van der Waals surface area contributed by atoms with Crippen molar-refractivity contribution in [1.29, 1.82) is 0 Å². The zero-order valence-corrected chi connectivity index (χ0v) is 31.4. The van der Waals surface area contributed by atoms with Crippen molar-refractivity contribution in [2.45, 2.75) is 89.6 Å². The number of hydrogen-bond acceptors (Lipinski definition) is 7. The van der Waals surface area contributed by atoms with E-state index in [-0.39, 0.29) is 6.10 Å². The second-order valence-corrected chi connectivity index (χ2v) is 14.1. The number of aliphatic hydroxyl groups excluding tert-OH is 1. The lowest BCUT2D eigenvalue weighted by molar-refractivity contribution is 0.183. The summed E-state index contributed by atoms with van der Waals surface area (Å²) in [5.41, 5.74) is 7.84. The van der Waals surface area contributed by atoms with Gasteiger partial charge in [0.05, 0.1) is 12.6 Å². The van der Waals surface area contributed by atoms with Gasteiger partial charge in [-0.1, -0.05) is 90.7 Å². The number of nitrogens with one attached hydrogen (secondary N) is 6. The van der Waals surface area contributed by atoms with Crippen LogP contribution in [0.3, 0.4) is 0 Å². The van der Waals surface area contributed by atoms with Crippen LogP contribution >= 0.6 is 0 Å². The number of aliphatic hydroxyl groups is 1. The second-order valence-electron chi connectivity index (χ2n) is 14.1. The fraction of sp³-hybridized carbons (Fsp3) is 0.409. The minimum Gasteiger partial charge on any atom is -0.391 e. The molecule has 8 nitrogen and oxygen atoms in total. The summed E-state index contributed by atoms with van der Waals surface area (Å²) in [6.45, 7) is 24.0. The Morgan fingerprint density at radius 3 is 1.98 bits per heavy atom. The summed E-state index contributed by atoms with van der Waals surface area (Å²) in [6.07, 6.45) is 21.7. The van der Waals surface area contributed by atoms with Crippen LogP contribution in [0.5, 0.6) is 0 Å². The van der Waals surface area contributed by atoms with Gasteiger partial charge in [0.1, 0.15) is 5.82 Å². The van der Waals surface area contributed by atoms with Crippen LogP contribution in [0.4, 0.5) is 17.1 Å². The van der Waals surface area contributed by atoms with Gasteiger partial charge in [0.2, 0.25) is 0 Å². The molecule has 7 N–H and O–H groups in total. The Morgan fingerprint density at radius 2 is 1.31 bits per heavy atom. The maximum absolute atomic E-state index is 9.69. The third-order valence-corrected chi connectivity index (χ3v) is 9.48. The molecule has 0 saturated carbocycles. The molecule has 1 aromatic heterocycles. The number of allylic oxidation sites excluding steroid dienone is 3. The van der Waals surface area contributed by atoms with E-state index < -0.39 is 0 Å². The Kier molecular flexibility index (Phi) is 17.0. The van der Waals surface area contributed by atoms with Crippen molar-refractivity contribution in [1.82, 2.24) is 20.5 Å². The van der Waals surface area contributed by atoms with E-state index in [1.807, 2.05) is 48.7 Å². The number of hydrogen-bond donors (Lipinski definition) is 7. The minimum absolute atomic E-state index is 0.209. The van der Waals surface area contributed by atoms with E-state index >= 15 is 0 Å². The summed E-state index contributed by atoms with van der Waals surface area (Å²) >= 11 is 0. The molecule has 1 aliphatic rings. The molecular formula is C44H63N7O. The molecule has 3 aromatic rings. The molecule has 2 heterocycles. The predicted molar refractivity (Wildman–Crippen MR) is 224 cm³/mol. The third-order valence-electron chi connectivity index (χ3n) is 9.48. The van der Waals surface area contributed by atoms with Gasteiger partial charge >= 0.3 is 0 Å². The number of likely N-dealkylation sites (tertiary alicyclic amines) is 1. The number of benzene rings is 2. The second kappa shape index (κ2) is 22.2. The minimum atomic E-state index is -0.209. The quantitative estimate of drug-likeness (QED) is 0.0313. The molecule has 1 unspecified atom stereocenters. The van der Waals surface area contributed by atoms with Gasteiger partial charge in [-0.2, -0.15) is 0 Å². The molecule has 0 radical (unpaired) electrons. The van der Waals surface area contributed by atoms with E-state index in [0.29, 0.717) is 12.4 Å². The molecule has 8 heteroatoms. The Labute approximate surface area is 312 Å². The summed E-state index contributed by atoms with van der Waals surface area (Å²) in [5, 5.41) is 27.6. The lowest BCUT2D eigenvalue weighted by Gasteiger charge is -2.21. The van der Waals surface area contributed by atoms with Crippen LogP contribution in [0.2, 0.25) is 0 Å². The largest absolute Gasteiger partial charge is 0.391 e. The van der Waals surface area contributed by atoms with E-state index in [9.17, 15) is 5.11 Å². The lowest BCUT2D eigenvalue weighted by Crippen LogP contribution is -2.28. The van der Waals surface area contributed by atoms with E-state index in [1.165, 1.54) is 64.2 Å². The van der Waals surface area contributed by atoms with Gasteiger partial charge in [-0.3, -0.25) is 0 Å². The van der Waals surface area contributed by atoms with Gasteiger partial charge in [-0.25, -0.2) is 0 Å². The van der Waals surface area contributed by atoms with Crippen molar-refractivity contribution in [2.24, 2.45) is 0 Å². The molecule has 0 aliphatic carbocycles. The molecule has 1 saturated heterocycles. The van der Waals surface area contributed by atoms with E-state index in [0.717, 1.165) is 89.6 Å². The van der Waals surface area contributed by atoms with Gasteiger partial charge in [0.15, 0.2) is 0 Å². The van der Waals surface area contributed by atoms with E-state index in [4.69, 9.17) is 0 Å². The first-order valence-corrected chi connectivity index (χ1v) is 19.2. The summed E-state index contributed by atoms with van der Waals surface area (Å²) in [4.78, 5) is 5.38. The van der Waals surface area contributed by atoms with Crippen molar-refractivity contribution in [3.8, 4) is 0 Å². The van der Waals surface area contributed by atoms with E-state index in [2.05, 4.69) is 87.6 Å². The molecule has 1 fully saturated rings. The normalized spacial score (nSPS) is 14.0. The first-order valence-electron chi connectivity index (χ1n) is 19.2. The van der Waals surface area contributed by atoms with Gasteiger partial charge in [0, 0.05) is 76.6 Å². The number of nitrogens with zero attached hydrogens (tertiary/aromatic N) is 1. The summed E-state index contributed by atoms with van der Waals surface area (Å²) < 4.78 is 0. The number of β-amino-alcohol motifs (C(OH)–C–C–N with tert-alkyl or cyclic N) is 1. The average molecular weight is 706 g/mol. The standard InChI is InChI=1S/C44H63N7O/c1-34(47-32-37(4)51-30-27-43(52)33-51)17-15-13-11-9-7-6-8-10-12-14-16-28-45-35(2)18-19-36(3)48-40-20-22-41(23-21-40)49-38(5)50-42-24-25-44-39(31-42)26-29-46-44/h18-26,29,31,43,45-50,52H,1-17,27-28,30,32-33H2/b19-18+. The molecule has 1 atom stereocenters. The van der Waals surface area contributed by atoms with Gasteiger partial charge in [-0.15, -0.1) is 0 Å². The monoisotopic (exact) mass is 706 g/mol. The third kappa shape index (κ3) is 15.2. The summed E-state index contributed by atoms with van der Waals surface area (Å²) in [7, 11) is 0. The van der Waals surface area contributed by atoms with Crippen molar-refractivity contribution < 1.29 is 5.11 Å². The Hall–Kier alpha value is -4.82. The number of anilines is 3. The van der Waals surface area contributed by atoms with Gasteiger partial charge < -0.3 is 41.6 Å². The smallest absolute Gasteiger partial charge is 0.100 e. The fourth-order valence-corrected chi connectivity index (χ4v) is 6.39. The van der Waals surface area contributed by atoms with E-state index in [1.54, 1.807) is 0 Å². The van der Waals surface area contributed by atoms with Crippen LogP contribution in [-0.2, 0) is 0 Å². The average Bonchev–Trinajstić information content (AvgIpc) is 3.79. The maximum atomic E-state index is 9.69. The number of H-pyrrole nitrogens is 1. The van der Waals surface area contributed by atoms with Crippen LogP contribution in [-0.4, -0.2) is 47.3 Å². The summed E-state index contributed by atoms with van der Waals surface area (Å²) in [5.74, 6) is 0.703. The maximum Gasteiger partial charge on any atom is 0.100 e. The first kappa shape index (κ1) is 40.0. The predicted octanol–water partition coefficient (Wildman–Crippen LogP) is 10.1. The topological polar surface area (TPSA) is 99.4 Å². The number of aromatic amines is 1. The Balaban J connectivity index is 0.926. The highest BCUT2D eigenvalue weighted by Gasteiger charge is 2.20. The highest BCUT2D eigenvalue weighted by molar-refractivity contribution is 5.83. The molecule has 0 amide bonds. The highest BCUT2D eigenvalue weighted by Crippen LogP contribution is 2.21. The van der Waals surface area contributed by atoms with Crippen LogP contribution in [0.1, 0.15) is 83.5 Å². The molecule has 0 bridgehead atoms. The molecule has 0 spiro atoms. The first-order chi connectivity index (χ1) is 25.2. The SMILES string of the molecule is C=C(/C=C/C(=C)Nc1ccc(NC(=C)Nc2ccc3[nH]ccc3c2)cc1)NCCCCCCCCCCCCCC(=C)NCC(=C)N1CCC(O)C1. The van der Waals surface area contributed by atoms with Crippen molar-refractivity contribution in [3.05, 3.63) is 128 Å².